The van der Waals surface area contributed by atoms with Crippen LogP contribution in [0, 0.1) is 6.92 Å². The number of aryl methyl sites for hydroxylation is 2. The number of rotatable bonds is 8. The van der Waals surface area contributed by atoms with Crippen molar-refractivity contribution in [2.75, 3.05) is 20.1 Å². The largest absolute Gasteiger partial charge is 0.356 e. The van der Waals surface area contributed by atoms with E-state index in [1.165, 1.54) is 11.1 Å². The molecule has 0 saturated carbocycles. The van der Waals surface area contributed by atoms with Gasteiger partial charge in [-0.25, -0.2) is 0 Å². The number of nitrogens with zero attached hydrogens (tertiary/aromatic N) is 2. The molecule has 0 aliphatic carbocycles. The van der Waals surface area contributed by atoms with Crippen molar-refractivity contribution in [2.24, 2.45) is 4.99 Å². The summed E-state index contributed by atoms with van der Waals surface area (Å²) >= 11 is 0. The zero-order valence-electron chi connectivity index (χ0n) is 16.0. The molecule has 0 aliphatic rings. The average Bonchev–Trinajstić information content (AvgIpc) is 2.65. The highest BCUT2D eigenvalue weighted by Crippen LogP contribution is 2.14. The standard InChI is InChI=1S/C21H30N4O/c1-17-9-11-19(12-10-17)18(2)16-24-21(22-3)23-13-5-7-15-25-14-6-4-8-20(25)26/h4,6,8-12,14,18H,5,7,13,15-16H2,1-3H3,(H2,22,23,24). The Hall–Kier alpha value is -2.56. The van der Waals surface area contributed by atoms with Gasteiger partial charge in [-0.05, 0) is 37.3 Å². The minimum absolute atomic E-state index is 0.0584. The fourth-order valence-electron chi connectivity index (χ4n) is 2.74. The maximum Gasteiger partial charge on any atom is 0.250 e. The fraction of sp³-hybridized carbons (Fsp3) is 0.429. The number of pyridine rings is 1. The Kier molecular flexibility index (Phi) is 7.93. The summed E-state index contributed by atoms with van der Waals surface area (Å²) in [5.74, 6) is 1.24. The van der Waals surface area contributed by atoms with Crippen LogP contribution in [-0.2, 0) is 6.54 Å². The summed E-state index contributed by atoms with van der Waals surface area (Å²) in [6.45, 7) is 6.73. The van der Waals surface area contributed by atoms with Gasteiger partial charge in [0, 0.05) is 38.9 Å². The summed E-state index contributed by atoms with van der Waals surface area (Å²) in [6, 6.07) is 13.9. The number of hydrogen-bond acceptors (Lipinski definition) is 2. The summed E-state index contributed by atoms with van der Waals surface area (Å²) in [5, 5.41) is 6.72. The predicted molar refractivity (Wildman–Crippen MR) is 109 cm³/mol. The first-order valence-electron chi connectivity index (χ1n) is 9.26. The van der Waals surface area contributed by atoms with E-state index in [1.807, 2.05) is 12.3 Å². The quantitative estimate of drug-likeness (QED) is 0.435. The molecular weight excluding hydrogens is 324 g/mol. The molecular formula is C21H30N4O. The van der Waals surface area contributed by atoms with Crippen LogP contribution in [0.5, 0.6) is 0 Å². The van der Waals surface area contributed by atoms with Gasteiger partial charge in [-0.1, -0.05) is 42.8 Å². The number of aromatic nitrogens is 1. The highest BCUT2D eigenvalue weighted by Gasteiger charge is 2.06. The molecule has 0 fully saturated rings. The van der Waals surface area contributed by atoms with Crippen molar-refractivity contribution < 1.29 is 0 Å². The second-order valence-electron chi connectivity index (χ2n) is 6.63. The molecule has 26 heavy (non-hydrogen) atoms. The summed E-state index contributed by atoms with van der Waals surface area (Å²) in [6.07, 6.45) is 3.77. The minimum Gasteiger partial charge on any atom is -0.356 e. The Labute approximate surface area is 156 Å². The van der Waals surface area contributed by atoms with Crippen LogP contribution < -0.4 is 16.2 Å². The molecule has 0 aliphatic heterocycles. The fourth-order valence-corrected chi connectivity index (χ4v) is 2.74. The van der Waals surface area contributed by atoms with Gasteiger partial charge in [0.15, 0.2) is 5.96 Å². The van der Waals surface area contributed by atoms with E-state index in [0.717, 1.165) is 38.4 Å². The second-order valence-corrected chi connectivity index (χ2v) is 6.63. The zero-order chi connectivity index (χ0) is 18.8. The van der Waals surface area contributed by atoms with Crippen molar-refractivity contribution in [3.05, 3.63) is 70.1 Å². The van der Waals surface area contributed by atoms with Gasteiger partial charge in [-0.15, -0.1) is 0 Å². The summed E-state index contributed by atoms with van der Waals surface area (Å²) in [7, 11) is 1.79. The topological polar surface area (TPSA) is 58.4 Å². The second kappa shape index (κ2) is 10.4. The average molecular weight is 354 g/mol. The smallest absolute Gasteiger partial charge is 0.250 e. The van der Waals surface area contributed by atoms with E-state index < -0.39 is 0 Å². The highest BCUT2D eigenvalue weighted by molar-refractivity contribution is 5.79. The number of aliphatic imine (C=N–C) groups is 1. The van der Waals surface area contributed by atoms with E-state index >= 15 is 0 Å². The van der Waals surface area contributed by atoms with Crippen molar-refractivity contribution in [2.45, 2.75) is 39.2 Å². The molecule has 0 radical (unpaired) electrons. The summed E-state index contributed by atoms with van der Waals surface area (Å²) < 4.78 is 1.75. The molecule has 2 N–H and O–H groups in total. The van der Waals surface area contributed by atoms with Gasteiger partial charge in [0.1, 0.15) is 0 Å². The lowest BCUT2D eigenvalue weighted by atomic mass is 10.0. The third-order valence-corrected chi connectivity index (χ3v) is 4.46. The number of guanidine groups is 1. The summed E-state index contributed by atoms with van der Waals surface area (Å²) in [4.78, 5) is 15.9. The van der Waals surface area contributed by atoms with E-state index in [2.05, 4.69) is 53.7 Å². The summed E-state index contributed by atoms with van der Waals surface area (Å²) in [5.41, 5.74) is 2.67. The Morgan fingerprint density at radius 3 is 2.58 bits per heavy atom. The molecule has 2 rings (SSSR count). The highest BCUT2D eigenvalue weighted by atomic mass is 16.1. The zero-order valence-corrected chi connectivity index (χ0v) is 16.0. The maximum absolute atomic E-state index is 11.6. The first-order valence-corrected chi connectivity index (χ1v) is 9.26. The first kappa shape index (κ1) is 19.8. The first-order chi connectivity index (χ1) is 12.6. The molecule has 0 amide bonds. The van der Waals surface area contributed by atoms with Crippen LogP contribution in [0.2, 0.25) is 0 Å². The van der Waals surface area contributed by atoms with Crippen LogP contribution in [0.4, 0.5) is 0 Å². The minimum atomic E-state index is 0.0584. The van der Waals surface area contributed by atoms with E-state index in [1.54, 1.807) is 23.7 Å². The number of hydrogen-bond donors (Lipinski definition) is 2. The molecule has 1 atom stereocenters. The van der Waals surface area contributed by atoms with Gasteiger partial charge in [0.25, 0.3) is 0 Å². The van der Waals surface area contributed by atoms with Gasteiger partial charge in [-0.3, -0.25) is 9.79 Å². The Bertz CT molecular complexity index is 749. The number of benzene rings is 1. The third kappa shape index (κ3) is 6.39. The maximum atomic E-state index is 11.6. The molecule has 2 aromatic rings. The lowest BCUT2D eigenvalue weighted by Gasteiger charge is -2.16. The van der Waals surface area contributed by atoms with Crippen LogP contribution in [0.25, 0.3) is 0 Å². The lowest BCUT2D eigenvalue weighted by molar-refractivity contribution is 0.584. The van der Waals surface area contributed by atoms with Crippen molar-refractivity contribution >= 4 is 5.96 Å². The van der Waals surface area contributed by atoms with Crippen molar-refractivity contribution in [3.63, 3.8) is 0 Å². The van der Waals surface area contributed by atoms with Gasteiger partial charge in [-0.2, -0.15) is 0 Å². The monoisotopic (exact) mass is 354 g/mol. The van der Waals surface area contributed by atoms with Crippen molar-refractivity contribution in [1.82, 2.24) is 15.2 Å². The van der Waals surface area contributed by atoms with Crippen molar-refractivity contribution in [1.29, 1.82) is 0 Å². The van der Waals surface area contributed by atoms with Crippen LogP contribution in [-0.4, -0.2) is 30.7 Å². The Balaban J connectivity index is 1.67. The lowest BCUT2D eigenvalue weighted by Crippen LogP contribution is -2.39. The predicted octanol–water partition coefficient (Wildman–Crippen LogP) is 2.91. The van der Waals surface area contributed by atoms with E-state index in [-0.39, 0.29) is 5.56 Å². The third-order valence-electron chi connectivity index (χ3n) is 4.46. The number of unbranched alkanes of at least 4 members (excludes halogenated alkanes) is 1. The number of nitrogens with one attached hydrogen (secondary N) is 2. The molecule has 0 bridgehead atoms. The van der Waals surface area contributed by atoms with Gasteiger partial charge >= 0.3 is 0 Å². The van der Waals surface area contributed by atoms with Crippen LogP contribution in [0.15, 0.2) is 58.4 Å². The van der Waals surface area contributed by atoms with Crippen LogP contribution in [0.3, 0.4) is 0 Å². The van der Waals surface area contributed by atoms with Crippen molar-refractivity contribution in [3.8, 4) is 0 Å². The van der Waals surface area contributed by atoms with Gasteiger partial charge < -0.3 is 15.2 Å². The van der Waals surface area contributed by atoms with E-state index in [0.29, 0.717) is 5.92 Å². The molecule has 1 aromatic carbocycles. The van der Waals surface area contributed by atoms with E-state index in [4.69, 9.17) is 0 Å². The molecule has 1 heterocycles. The normalized spacial score (nSPS) is 12.7. The Morgan fingerprint density at radius 1 is 1.12 bits per heavy atom. The molecule has 5 nitrogen and oxygen atoms in total. The van der Waals surface area contributed by atoms with Crippen LogP contribution >= 0.6 is 0 Å². The molecule has 1 aromatic heterocycles. The van der Waals surface area contributed by atoms with E-state index in [9.17, 15) is 4.79 Å². The molecule has 140 valence electrons. The molecule has 0 spiro atoms. The molecule has 1 unspecified atom stereocenters. The SMILES string of the molecule is CN=C(NCCCCn1ccccc1=O)NCC(C)c1ccc(C)cc1. The molecule has 0 saturated heterocycles. The van der Waals surface area contributed by atoms with Crippen LogP contribution in [0.1, 0.15) is 36.8 Å². The van der Waals surface area contributed by atoms with Gasteiger partial charge in [0.05, 0.1) is 0 Å². The molecule has 5 heteroatoms. The van der Waals surface area contributed by atoms with Gasteiger partial charge in [0.2, 0.25) is 5.56 Å². The Morgan fingerprint density at radius 2 is 1.88 bits per heavy atom.